The quantitative estimate of drug-likeness (QED) is 0.385. The third-order valence-corrected chi connectivity index (χ3v) is 4.35. The van der Waals surface area contributed by atoms with Gasteiger partial charge in [0.2, 0.25) is 0 Å². The Labute approximate surface area is 150 Å². The Morgan fingerprint density at radius 1 is 1.41 bits per heavy atom. The van der Waals surface area contributed by atoms with E-state index in [2.05, 4.69) is 15.6 Å². The molecule has 0 bridgehead atoms. The number of methoxy groups -OCH3 is 1. The number of hydrogen-bond acceptors (Lipinski definition) is 3. The Balaban J connectivity index is 0.00000242. The van der Waals surface area contributed by atoms with Crippen LogP contribution in [0.25, 0.3) is 0 Å². The fourth-order valence-corrected chi connectivity index (χ4v) is 2.76. The molecule has 0 spiro atoms. The monoisotopic (exact) mass is 421 g/mol. The van der Waals surface area contributed by atoms with E-state index in [1.165, 1.54) is 19.3 Å². The molecule has 1 aromatic heterocycles. The molecule has 0 atom stereocenters. The first-order valence-corrected chi connectivity index (χ1v) is 7.74. The van der Waals surface area contributed by atoms with E-state index in [9.17, 15) is 0 Å². The van der Waals surface area contributed by atoms with Crippen molar-refractivity contribution < 1.29 is 9.15 Å². The van der Waals surface area contributed by atoms with Crippen molar-refractivity contribution in [2.75, 3.05) is 33.9 Å². The molecule has 0 aliphatic heterocycles. The molecule has 1 saturated carbocycles. The fourth-order valence-electron chi connectivity index (χ4n) is 2.76. The van der Waals surface area contributed by atoms with Crippen LogP contribution in [0.2, 0.25) is 0 Å². The summed E-state index contributed by atoms with van der Waals surface area (Å²) in [6.45, 7) is 2.63. The molecule has 0 aromatic carbocycles. The molecule has 1 heterocycles. The van der Waals surface area contributed by atoms with Crippen LogP contribution >= 0.6 is 24.0 Å². The topological polar surface area (TPSA) is 58.8 Å². The summed E-state index contributed by atoms with van der Waals surface area (Å²) in [5.41, 5.74) is 0.397. The lowest BCUT2D eigenvalue weighted by Crippen LogP contribution is -2.47. The Kier molecular flexibility index (Phi) is 8.85. The second kappa shape index (κ2) is 10.1. The number of nitrogens with one attached hydrogen (secondary N) is 2. The minimum Gasteiger partial charge on any atom is -0.469 e. The average molecular weight is 421 g/mol. The second-order valence-corrected chi connectivity index (χ2v) is 5.78. The molecule has 0 radical (unpaired) electrons. The maximum absolute atomic E-state index is 5.32. The van der Waals surface area contributed by atoms with Crippen LogP contribution in [0.3, 0.4) is 0 Å². The number of ether oxygens (including phenoxy) is 1. The second-order valence-electron chi connectivity index (χ2n) is 5.78. The van der Waals surface area contributed by atoms with E-state index < -0.39 is 0 Å². The highest BCUT2D eigenvalue weighted by molar-refractivity contribution is 14.0. The highest BCUT2D eigenvalue weighted by Crippen LogP contribution is 2.43. The van der Waals surface area contributed by atoms with Crippen molar-refractivity contribution in [3.63, 3.8) is 0 Å². The van der Waals surface area contributed by atoms with Gasteiger partial charge in [0, 0.05) is 40.3 Å². The number of furan rings is 1. The zero-order valence-electron chi connectivity index (χ0n) is 13.6. The normalized spacial score (nSPS) is 16.5. The van der Waals surface area contributed by atoms with Gasteiger partial charge < -0.3 is 19.8 Å². The van der Waals surface area contributed by atoms with Crippen LogP contribution in [0, 0.1) is 5.41 Å². The highest BCUT2D eigenvalue weighted by atomic mass is 127. The predicted molar refractivity (Wildman–Crippen MR) is 100.0 cm³/mol. The molecular weight excluding hydrogens is 393 g/mol. The minimum absolute atomic E-state index is 0. The SMILES string of the molecule is CN=C(NCCc1ccco1)NCC1(CCOC)CCC1.I. The molecule has 0 amide bonds. The molecule has 1 aromatic rings. The lowest BCUT2D eigenvalue weighted by Gasteiger charge is -2.42. The molecule has 6 heteroatoms. The summed E-state index contributed by atoms with van der Waals surface area (Å²) in [6.07, 6.45) is 7.59. The van der Waals surface area contributed by atoms with E-state index in [1.807, 2.05) is 19.2 Å². The molecule has 0 saturated heterocycles. The van der Waals surface area contributed by atoms with Gasteiger partial charge in [-0.15, -0.1) is 24.0 Å². The molecule has 0 unspecified atom stereocenters. The first-order chi connectivity index (χ1) is 10.3. The first-order valence-electron chi connectivity index (χ1n) is 7.74. The first kappa shape index (κ1) is 19.3. The Bertz CT molecular complexity index is 431. The van der Waals surface area contributed by atoms with Gasteiger partial charge in [-0.05, 0) is 36.8 Å². The minimum atomic E-state index is 0. The number of hydrogen-bond donors (Lipinski definition) is 2. The third kappa shape index (κ3) is 5.79. The van der Waals surface area contributed by atoms with Crippen LogP contribution in [0.15, 0.2) is 27.8 Å². The van der Waals surface area contributed by atoms with E-state index in [0.717, 1.165) is 44.3 Å². The van der Waals surface area contributed by atoms with Gasteiger partial charge >= 0.3 is 0 Å². The summed E-state index contributed by atoms with van der Waals surface area (Å²) in [4.78, 5) is 4.28. The third-order valence-electron chi connectivity index (χ3n) is 4.35. The van der Waals surface area contributed by atoms with Crippen LogP contribution in [0.4, 0.5) is 0 Å². The zero-order chi connectivity index (χ0) is 15.0. The van der Waals surface area contributed by atoms with Crippen LogP contribution in [0.1, 0.15) is 31.4 Å². The lowest BCUT2D eigenvalue weighted by atomic mass is 9.67. The van der Waals surface area contributed by atoms with Crippen LogP contribution in [-0.2, 0) is 11.2 Å². The molecule has 1 aliphatic rings. The molecule has 1 fully saturated rings. The number of halogens is 1. The van der Waals surface area contributed by atoms with Gasteiger partial charge in [-0.1, -0.05) is 6.42 Å². The van der Waals surface area contributed by atoms with Crippen molar-refractivity contribution >= 4 is 29.9 Å². The molecule has 1 aliphatic carbocycles. The molecular formula is C16H28IN3O2. The van der Waals surface area contributed by atoms with Crippen LogP contribution < -0.4 is 10.6 Å². The van der Waals surface area contributed by atoms with Crippen LogP contribution in [0.5, 0.6) is 0 Å². The number of guanidine groups is 1. The summed E-state index contributed by atoms with van der Waals surface area (Å²) >= 11 is 0. The Hall–Kier alpha value is -0.760. The zero-order valence-corrected chi connectivity index (χ0v) is 15.9. The highest BCUT2D eigenvalue weighted by Gasteiger charge is 2.36. The maximum atomic E-state index is 5.32. The van der Waals surface area contributed by atoms with Gasteiger partial charge in [0.05, 0.1) is 6.26 Å². The van der Waals surface area contributed by atoms with Gasteiger partial charge in [-0.2, -0.15) is 0 Å². The van der Waals surface area contributed by atoms with E-state index in [-0.39, 0.29) is 24.0 Å². The van der Waals surface area contributed by atoms with Crippen molar-refractivity contribution in [1.29, 1.82) is 0 Å². The summed E-state index contributed by atoms with van der Waals surface area (Å²) in [6, 6.07) is 3.91. The summed E-state index contributed by atoms with van der Waals surface area (Å²) in [5.74, 6) is 1.86. The van der Waals surface area contributed by atoms with Gasteiger partial charge in [0.25, 0.3) is 0 Å². The average Bonchev–Trinajstić information content (AvgIpc) is 2.97. The van der Waals surface area contributed by atoms with Gasteiger partial charge in [-0.25, -0.2) is 0 Å². The van der Waals surface area contributed by atoms with E-state index in [0.29, 0.717) is 5.41 Å². The Morgan fingerprint density at radius 2 is 2.23 bits per heavy atom. The van der Waals surface area contributed by atoms with Crippen LogP contribution in [-0.4, -0.2) is 39.8 Å². The van der Waals surface area contributed by atoms with Crippen molar-refractivity contribution in [3.8, 4) is 0 Å². The number of aliphatic imine (C=N–C) groups is 1. The molecule has 22 heavy (non-hydrogen) atoms. The number of nitrogens with zero attached hydrogens (tertiary/aromatic N) is 1. The maximum Gasteiger partial charge on any atom is 0.191 e. The molecule has 5 nitrogen and oxygen atoms in total. The van der Waals surface area contributed by atoms with Gasteiger partial charge in [0.1, 0.15) is 5.76 Å². The number of rotatable bonds is 8. The van der Waals surface area contributed by atoms with Crippen molar-refractivity contribution in [1.82, 2.24) is 10.6 Å². The summed E-state index contributed by atoms with van der Waals surface area (Å²) in [7, 11) is 3.58. The van der Waals surface area contributed by atoms with Gasteiger partial charge in [0.15, 0.2) is 5.96 Å². The standard InChI is InChI=1S/C16H27N3O2.HI/c1-17-15(18-10-6-14-5-3-11-21-14)19-13-16(7-4-8-16)9-12-20-2;/h3,5,11H,4,6-10,12-13H2,1-2H3,(H2,17,18,19);1H. The van der Waals surface area contributed by atoms with Crippen molar-refractivity contribution in [3.05, 3.63) is 24.2 Å². The largest absolute Gasteiger partial charge is 0.469 e. The van der Waals surface area contributed by atoms with E-state index in [1.54, 1.807) is 13.4 Å². The smallest absolute Gasteiger partial charge is 0.191 e. The summed E-state index contributed by atoms with van der Waals surface area (Å²) < 4.78 is 10.5. The van der Waals surface area contributed by atoms with E-state index >= 15 is 0 Å². The predicted octanol–water partition coefficient (Wildman–Crippen LogP) is 2.81. The molecule has 2 rings (SSSR count). The van der Waals surface area contributed by atoms with Crippen molar-refractivity contribution in [2.45, 2.75) is 32.1 Å². The van der Waals surface area contributed by atoms with Gasteiger partial charge in [-0.3, -0.25) is 4.99 Å². The molecule has 2 N–H and O–H groups in total. The fraction of sp³-hybridized carbons (Fsp3) is 0.688. The Morgan fingerprint density at radius 3 is 2.77 bits per heavy atom. The lowest BCUT2D eigenvalue weighted by molar-refractivity contribution is 0.0732. The summed E-state index contributed by atoms with van der Waals surface area (Å²) in [5, 5.41) is 6.79. The van der Waals surface area contributed by atoms with E-state index in [4.69, 9.17) is 9.15 Å². The molecule has 126 valence electrons. The van der Waals surface area contributed by atoms with Crippen molar-refractivity contribution in [2.24, 2.45) is 10.4 Å².